The number of hydrogen-bond donors (Lipinski definition) is 1. The highest BCUT2D eigenvalue weighted by molar-refractivity contribution is 7.21. The molecule has 2 aromatic rings. The van der Waals surface area contributed by atoms with Crippen LogP contribution in [-0.4, -0.2) is 12.5 Å². The first-order valence-corrected chi connectivity index (χ1v) is 6.48. The molecule has 0 spiro atoms. The van der Waals surface area contributed by atoms with Crippen molar-refractivity contribution < 1.29 is 4.79 Å². The number of carbonyl (C=O) groups is 1. The Labute approximate surface area is 113 Å². The van der Waals surface area contributed by atoms with Crippen molar-refractivity contribution in [3.8, 4) is 0 Å². The molecule has 1 N–H and O–H groups in total. The fourth-order valence-corrected chi connectivity index (χ4v) is 3.33. The van der Waals surface area contributed by atoms with E-state index in [9.17, 15) is 4.79 Å². The summed E-state index contributed by atoms with van der Waals surface area (Å²) in [6, 6.07) is 5.48. The summed E-state index contributed by atoms with van der Waals surface area (Å²) in [5.41, 5.74) is 0. The van der Waals surface area contributed by atoms with E-state index in [0.717, 1.165) is 10.1 Å². The normalized spacial score (nSPS) is 10.5. The van der Waals surface area contributed by atoms with Crippen molar-refractivity contribution in [1.29, 1.82) is 0 Å². The second-order valence-electron chi connectivity index (χ2n) is 3.36. The van der Waals surface area contributed by atoms with Gasteiger partial charge in [-0.05, 0) is 12.1 Å². The van der Waals surface area contributed by atoms with Crippen LogP contribution in [0.1, 0.15) is 9.67 Å². The largest absolute Gasteiger partial charge is 0.348 e. The second kappa shape index (κ2) is 5.08. The Hall–Kier alpha value is -1.03. The maximum atomic E-state index is 11.8. The summed E-state index contributed by atoms with van der Waals surface area (Å²) in [4.78, 5) is 12.3. The van der Waals surface area contributed by atoms with Gasteiger partial charge in [0.15, 0.2) is 0 Å². The van der Waals surface area contributed by atoms with Crippen molar-refractivity contribution in [2.24, 2.45) is 0 Å². The van der Waals surface area contributed by atoms with Crippen LogP contribution in [0.3, 0.4) is 0 Å². The fourth-order valence-electron chi connectivity index (χ4n) is 1.46. The van der Waals surface area contributed by atoms with Crippen LogP contribution in [0.25, 0.3) is 10.1 Å². The molecule has 0 bridgehead atoms. The maximum absolute atomic E-state index is 11.8. The molecule has 0 radical (unpaired) electrons. The van der Waals surface area contributed by atoms with E-state index >= 15 is 0 Å². The van der Waals surface area contributed by atoms with E-state index in [2.05, 4.69) is 11.9 Å². The SMILES string of the molecule is C=CCNC(=O)c1sc2cccc(Cl)c2c1Cl. The van der Waals surface area contributed by atoms with Gasteiger partial charge in [-0.3, -0.25) is 4.79 Å². The second-order valence-corrected chi connectivity index (χ2v) is 5.19. The van der Waals surface area contributed by atoms with Gasteiger partial charge in [0.05, 0.1) is 10.0 Å². The lowest BCUT2D eigenvalue weighted by Crippen LogP contribution is -2.22. The Morgan fingerprint density at radius 1 is 1.47 bits per heavy atom. The topological polar surface area (TPSA) is 29.1 Å². The molecule has 0 unspecified atom stereocenters. The zero-order valence-electron chi connectivity index (χ0n) is 8.80. The lowest BCUT2D eigenvalue weighted by Gasteiger charge is -1.99. The number of thiophene rings is 1. The average molecular weight is 286 g/mol. The molecule has 1 aromatic heterocycles. The van der Waals surface area contributed by atoms with Crippen LogP contribution in [0.5, 0.6) is 0 Å². The molecule has 17 heavy (non-hydrogen) atoms. The molecule has 0 fully saturated rings. The van der Waals surface area contributed by atoms with E-state index in [1.54, 1.807) is 12.1 Å². The first kappa shape index (κ1) is 12.4. The number of halogens is 2. The van der Waals surface area contributed by atoms with Gasteiger partial charge < -0.3 is 5.32 Å². The summed E-state index contributed by atoms with van der Waals surface area (Å²) in [7, 11) is 0. The molecule has 1 aromatic carbocycles. The van der Waals surface area contributed by atoms with E-state index in [-0.39, 0.29) is 5.91 Å². The van der Waals surface area contributed by atoms with Crippen LogP contribution in [0.15, 0.2) is 30.9 Å². The fraction of sp³-hybridized carbons (Fsp3) is 0.0833. The van der Waals surface area contributed by atoms with E-state index in [1.807, 2.05) is 12.1 Å². The first-order valence-electron chi connectivity index (χ1n) is 4.90. The molecule has 1 amide bonds. The molecule has 0 aliphatic carbocycles. The highest BCUT2D eigenvalue weighted by atomic mass is 35.5. The van der Waals surface area contributed by atoms with E-state index in [0.29, 0.717) is 21.5 Å². The number of hydrogen-bond acceptors (Lipinski definition) is 2. The third-order valence-electron chi connectivity index (χ3n) is 2.22. The zero-order valence-corrected chi connectivity index (χ0v) is 11.1. The molecular formula is C12H9Cl2NOS. The minimum absolute atomic E-state index is 0.202. The van der Waals surface area contributed by atoms with Gasteiger partial charge in [-0.25, -0.2) is 0 Å². The van der Waals surface area contributed by atoms with Crippen LogP contribution in [-0.2, 0) is 0 Å². The third-order valence-corrected chi connectivity index (χ3v) is 4.18. The van der Waals surface area contributed by atoms with Gasteiger partial charge in [-0.1, -0.05) is 35.3 Å². The van der Waals surface area contributed by atoms with Crippen LogP contribution in [0, 0.1) is 0 Å². The number of amides is 1. The predicted molar refractivity (Wildman–Crippen MR) is 74.4 cm³/mol. The van der Waals surface area contributed by atoms with E-state index in [1.165, 1.54) is 11.3 Å². The van der Waals surface area contributed by atoms with Crippen molar-refractivity contribution in [2.45, 2.75) is 0 Å². The molecule has 0 aliphatic rings. The Balaban J connectivity index is 2.49. The highest BCUT2D eigenvalue weighted by Gasteiger charge is 2.17. The summed E-state index contributed by atoms with van der Waals surface area (Å²) < 4.78 is 0.909. The molecule has 0 saturated carbocycles. The standard InChI is InChI=1S/C12H9Cl2NOS/c1-2-6-15-12(16)11-10(14)9-7(13)4-3-5-8(9)17-11/h2-5H,1,6H2,(H,15,16). The van der Waals surface area contributed by atoms with Gasteiger partial charge in [0.1, 0.15) is 4.88 Å². The quantitative estimate of drug-likeness (QED) is 0.845. The third kappa shape index (κ3) is 2.32. The minimum Gasteiger partial charge on any atom is -0.348 e. The van der Waals surface area contributed by atoms with E-state index in [4.69, 9.17) is 23.2 Å². The van der Waals surface area contributed by atoms with Gasteiger partial charge in [-0.15, -0.1) is 17.9 Å². The number of benzene rings is 1. The summed E-state index contributed by atoms with van der Waals surface area (Å²) in [6.07, 6.45) is 1.62. The molecule has 88 valence electrons. The van der Waals surface area contributed by atoms with Gasteiger partial charge in [0.25, 0.3) is 5.91 Å². The van der Waals surface area contributed by atoms with Crippen molar-refractivity contribution in [3.63, 3.8) is 0 Å². The Kier molecular flexibility index (Phi) is 3.72. The highest BCUT2D eigenvalue weighted by Crippen LogP contribution is 2.39. The van der Waals surface area contributed by atoms with Crippen LogP contribution < -0.4 is 5.32 Å². The summed E-state index contributed by atoms with van der Waals surface area (Å²) in [5.74, 6) is -0.202. The Bertz CT molecular complexity index is 591. The number of nitrogens with one attached hydrogen (secondary N) is 1. The monoisotopic (exact) mass is 285 g/mol. The number of rotatable bonds is 3. The molecule has 0 aliphatic heterocycles. The summed E-state index contributed by atoms with van der Waals surface area (Å²) in [5, 5.41) is 4.41. The van der Waals surface area contributed by atoms with Gasteiger partial charge in [0, 0.05) is 16.6 Å². The lowest BCUT2D eigenvalue weighted by molar-refractivity contribution is 0.0962. The Morgan fingerprint density at radius 2 is 2.24 bits per heavy atom. The van der Waals surface area contributed by atoms with Crippen molar-refractivity contribution in [2.75, 3.05) is 6.54 Å². The van der Waals surface area contributed by atoms with Gasteiger partial charge in [0.2, 0.25) is 0 Å². The molecule has 2 rings (SSSR count). The van der Waals surface area contributed by atoms with Crippen molar-refractivity contribution in [1.82, 2.24) is 5.32 Å². The van der Waals surface area contributed by atoms with Crippen LogP contribution in [0.2, 0.25) is 10.0 Å². The molecule has 0 saturated heterocycles. The minimum atomic E-state index is -0.202. The van der Waals surface area contributed by atoms with Crippen LogP contribution in [0.4, 0.5) is 0 Å². The van der Waals surface area contributed by atoms with Crippen molar-refractivity contribution in [3.05, 3.63) is 45.8 Å². The molecule has 5 heteroatoms. The van der Waals surface area contributed by atoms with Gasteiger partial charge in [-0.2, -0.15) is 0 Å². The first-order chi connectivity index (χ1) is 8.15. The summed E-state index contributed by atoms with van der Waals surface area (Å²) in [6.45, 7) is 3.95. The molecule has 0 atom stereocenters. The number of fused-ring (bicyclic) bond motifs is 1. The lowest BCUT2D eigenvalue weighted by atomic mass is 10.2. The van der Waals surface area contributed by atoms with Crippen molar-refractivity contribution >= 4 is 50.5 Å². The van der Waals surface area contributed by atoms with Crippen LogP contribution >= 0.6 is 34.5 Å². The smallest absolute Gasteiger partial charge is 0.263 e. The average Bonchev–Trinajstić information content (AvgIpc) is 2.65. The van der Waals surface area contributed by atoms with Gasteiger partial charge >= 0.3 is 0 Å². The van der Waals surface area contributed by atoms with E-state index < -0.39 is 0 Å². The molecular weight excluding hydrogens is 277 g/mol. The predicted octanol–water partition coefficient (Wildman–Crippen LogP) is 4.12. The molecule has 1 heterocycles. The maximum Gasteiger partial charge on any atom is 0.263 e. The Morgan fingerprint density at radius 3 is 2.88 bits per heavy atom. The molecule has 2 nitrogen and oxygen atoms in total. The zero-order chi connectivity index (χ0) is 12.4. The number of carbonyl (C=O) groups excluding carboxylic acids is 1. The summed E-state index contributed by atoms with van der Waals surface area (Å²) >= 11 is 13.6.